The van der Waals surface area contributed by atoms with E-state index in [-0.39, 0.29) is 0 Å². The molecule has 96 valence electrons. The Labute approximate surface area is 107 Å². The molecule has 0 aliphatic rings. The van der Waals surface area contributed by atoms with E-state index in [0.717, 1.165) is 11.1 Å². The molecule has 0 spiro atoms. The van der Waals surface area contributed by atoms with Crippen LogP contribution >= 0.6 is 0 Å². The Kier molecular flexibility index (Phi) is 3.77. The maximum Gasteiger partial charge on any atom is 0.228 e. The van der Waals surface area contributed by atoms with E-state index in [1.54, 1.807) is 0 Å². The lowest BCUT2D eigenvalue weighted by Gasteiger charge is -2.08. The van der Waals surface area contributed by atoms with Gasteiger partial charge in [0.05, 0.1) is 0 Å². The maximum atomic E-state index is 5.47. The molecule has 0 atom stereocenters. The SMILES string of the molecule is Cc1ccc(C(C)C)cc1-c1noc(CCN)n1. The van der Waals surface area contributed by atoms with Crippen molar-refractivity contribution in [3.63, 3.8) is 0 Å². The van der Waals surface area contributed by atoms with Gasteiger partial charge in [-0.05, 0) is 30.0 Å². The Bertz CT molecular complexity index is 532. The third-order valence-corrected chi connectivity index (χ3v) is 3.00. The van der Waals surface area contributed by atoms with Gasteiger partial charge in [-0.2, -0.15) is 4.98 Å². The molecule has 0 aliphatic heterocycles. The number of hydrogen-bond donors (Lipinski definition) is 1. The molecule has 0 saturated carbocycles. The monoisotopic (exact) mass is 245 g/mol. The van der Waals surface area contributed by atoms with Crippen molar-refractivity contribution in [3.05, 3.63) is 35.2 Å². The van der Waals surface area contributed by atoms with Gasteiger partial charge in [0.2, 0.25) is 11.7 Å². The van der Waals surface area contributed by atoms with Gasteiger partial charge in [-0.1, -0.05) is 31.1 Å². The average molecular weight is 245 g/mol. The molecule has 1 aromatic heterocycles. The molecule has 2 aromatic rings. The molecule has 1 heterocycles. The second kappa shape index (κ2) is 5.31. The van der Waals surface area contributed by atoms with Crippen LogP contribution < -0.4 is 5.73 Å². The third kappa shape index (κ3) is 2.59. The summed E-state index contributed by atoms with van der Waals surface area (Å²) in [5.41, 5.74) is 8.94. The molecular formula is C14H19N3O. The van der Waals surface area contributed by atoms with Crippen molar-refractivity contribution >= 4 is 0 Å². The van der Waals surface area contributed by atoms with Crippen molar-refractivity contribution in [2.24, 2.45) is 5.73 Å². The van der Waals surface area contributed by atoms with E-state index in [0.29, 0.717) is 30.6 Å². The predicted molar refractivity (Wildman–Crippen MR) is 71.3 cm³/mol. The van der Waals surface area contributed by atoms with E-state index in [1.807, 2.05) is 0 Å². The second-order valence-electron chi connectivity index (χ2n) is 4.78. The van der Waals surface area contributed by atoms with E-state index in [2.05, 4.69) is 49.1 Å². The largest absolute Gasteiger partial charge is 0.339 e. The highest BCUT2D eigenvalue weighted by molar-refractivity contribution is 5.60. The van der Waals surface area contributed by atoms with Crippen LogP contribution in [0, 0.1) is 6.92 Å². The Morgan fingerprint density at radius 3 is 2.78 bits per heavy atom. The summed E-state index contributed by atoms with van der Waals surface area (Å²) in [5.74, 6) is 1.74. The van der Waals surface area contributed by atoms with Crippen molar-refractivity contribution < 1.29 is 4.52 Å². The van der Waals surface area contributed by atoms with Gasteiger partial charge in [0, 0.05) is 18.5 Å². The number of hydrogen-bond acceptors (Lipinski definition) is 4. The zero-order chi connectivity index (χ0) is 13.1. The maximum absolute atomic E-state index is 5.47. The Hall–Kier alpha value is -1.68. The van der Waals surface area contributed by atoms with Gasteiger partial charge >= 0.3 is 0 Å². The van der Waals surface area contributed by atoms with Crippen molar-refractivity contribution in [2.45, 2.75) is 33.1 Å². The van der Waals surface area contributed by atoms with Gasteiger partial charge in [0.1, 0.15) is 0 Å². The van der Waals surface area contributed by atoms with E-state index >= 15 is 0 Å². The van der Waals surface area contributed by atoms with Gasteiger partial charge in [-0.15, -0.1) is 0 Å². The fourth-order valence-corrected chi connectivity index (χ4v) is 1.83. The van der Waals surface area contributed by atoms with Crippen LogP contribution in [-0.2, 0) is 6.42 Å². The first kappa shape index (κ1) is 12.8. The van der Waals surface area contributed by atoms with Crippen molar-refractivity contribution in [1.82, 2.24) is 10.1 Å². The van der Waals surface area contributed by atoms with Crippen LogP contribution in [0.1, 0.15) is 36.8 Å². The quantitative estimate of drug-likeness (QED) is 0.899. The Morgan fingerprint density at radius 1 is 1.33 bits per heavy atom. The van der Waals surface area contributed by atoms with Crippen LogP contribution in [0.2, 0.25) is 0 Å². The van der Waals surface area contributed by atoms with E-state index in [4.69, 9.17) is 10.3 Å². The lowest BCUT2D eigenvalue weighted by Crippen LogP contribution is -2.02. The highest BCUT2D eigenvalue weighted by atomic mass is 16.5. The molecule has 1 aromatic carbocycles. The van der Waals surface area contributed by atoms with Gasteiger partial charge in [0.15, 0.2) is 0 Å². The highest BCUT2D eigenvalue weighted by Crippen LogP contribution is 2.25. The lowest BCUT2D eigenvalue weighted by molar-refractivity contribution is 0.380. The Morgan fingerprint density at radius 2 is 2.11 bits per heavy atom. The summed E-state index contributed by atoms with van der Waals surface area (Å²) >= 11 is 0. The van der Waals surface area contributed by atoms with Gasteiger partial charge in [-0.3, -0.25) is 0 Å². The highest BCUT2D eigenvalue weighted by Gasteiger charge is 2.12. The number of rotatable bonds is 4. The summed E-state index contributed by atoms with van der Waals surface area (Å²) in [6.45, 7) is 6.92. The average Bonchev–Trinajstić information content (AvgIpc) is 2.78. The van der Waals surface area contributed by atoms with Crippen LogP contribution in [-0.4, -0.2) is 16.7 Å². The van der Waals surface area contributed by atoms with Crippen LogP contribution in [0.25, 0.3) is 11.4 Å². The molecule has 0 fully saturated rings. The standard InChI is InChI=1S/C14H19N3O/c1-9(2)11-5-4-10(3)12(8-11)14-16-13(6-7-15)18-17-14/h4-5,8-9H,6-7,15H2,1-3H3. The molecule has 0 unspecified atom stereocenters. The van der Waals surface area contributed by atoms with E-state index < -0.39 is 0 Å². The summed E-state index contributed by atoms with van der Waals surface area (Å²) in [6, 6.07) is 6.38. The van der Waals surface area contributed by atoms with Crippen molar-refractivity contribution in [3.8, 4) is 11.4 Å². The molecule has 0 aliphatic carbocycles. The van der Waals surface area contributed by atoms with Crippen LogP contribution in [0.15, 0.2) is 22.7 Å². The first-order valence-electron chi connectivity index (χ1n) is 6.25. The summed E-state index contributed by atoms with van der Waals surface area (Å²) < 4.78 is 5.17. The number of benzene rings is 1. The fraction of sp³-hybridized carbons (Fsp3) is 0.429. The molecule has 4 nitrogen and oxygen atoms in total. The zero-order valence-electron chi connectivity index (χ0n) is 11.1. The molecule has 2 N–H and O–H groups in total. The molecule has 2 rings (SSSR count). The van der Waals surface area contributed by atoms with Gasteiger partial charge in [0.25, 0.3) is 0 Å². The smallest absolute Gasteiger partial charge is 0.228 e. The zero-order valence-corrected chi connectivity index (χ0v) is 11.1. The van der Waals surface area contributed by atoms with Crippen molar-refractivity contribution in [1.29, 1.82) is 0 Å². The Balaban J connectivity index is 2.38. The summed E-state index contributed by atoms with van der Waals surface area (Å²) in [5, 5.41) is 4.02. The topological polar surface area (TPSA) is 64.9 Å². The molecule has 0 amide bonds. The number of aromatic nitrogens is 2. The second-order valence-corrected chi connectivity index (χ2v) is 4.78. The minimum atomic E-state index is 0.486. The molecule has 0 bridgehead atoms. The lowest BCUT2D eigenvalue weighted by atomic mass is 9.97. The number of aryl methyl sites for hydroxylation is 1. The van der Waals surface area contributed by atoms with Crippen LogP contribution in [0.5, 0.6) is 0 Å². The van der Waals surface area contributed by atoms with Crippen LogP contribution in [0.4, 0.5) is 0 Å². The first-order chi connectivity index (χ1) is 8.61. The van der Waals surface area contributed by atoms with E-state index in [1.165, 1.54) is 5.56 Å². The summed E-state index contributed by atoms with van der Waals surface area (Å²) in [4.78, 5) is 4.37. The summed E-state index contributed by atoms with van der Waals surface area (Å²) in [6.07, 6.45) is 0.621. The number of nitrogens with two attached hydrogens (primary N) is 1. The van der Waals surface area contributed by atoms with Crippen LogP contribution in [0.3, 0.4) is 0 Å². The van der Waals surface area contributed by atoms with Gasteiger partial charge < -0.3 is 10.3 Å². The normalized spacial score (nSPS) is 11.2. The molecule has 4 heteroatoms. The summed E-state index contributed by atoms with van der Waals surface area (Å²) in [7, 11) is 0. The molecule has 18 heavy (non-hydrogen) atoms. The molecule has 0 saturated heterocycles. The first-order valence-corrected chi connectivity index (χ1v) is 6.25. The van der Waals surface area contributed by atoms with Gasteiger partial charge in [-0.25, -0.2) is 0 Å². The predicted octanol–water partition coefficient (Wildman–Crippen LogP) is 2.67. The number of nitrogens with zero attached hydrogens (tertiary/aromatic N) is 2. The van der Waals surface area contributed by atoms with E-state index in [9.17, 15) is 0 Å². The molecular weight excluding hydrogens is 226 g/mol. The minimum Gasteiger partial charge on any atom is -0.339 e. The fourth-order valence-electron chi connectivity index (χ4n) is 1.83. The van der Waals surface area contributed by atoms with Crippen molar-refractivity contribution in [2.75, 3.05) is 6.54 Å². The molecule has 0 radical (unpaired) electrons. The minimum absolute atomic E-state index is 0.486. The third-order valence-electron chi connectivity index (χ3n) is 3.00.